The molecule has 1 saturated carbocycles. The number of hydrogen-bond donors (Lipinski definition) is 2. The van der Waals surface area contributed by atoms with Crippen molar-refractivity contribution >= 4 is 0 Å². The van der Waals surface area contributed by atoms with Crippen molar-refractivity contribution < 1.29 is 5.11 Å². The van der Waals surface area contributed by atoms with Gasteiger partial charge in [0, 0.05) is 19.1 Å². The first-order valence-corrected chi connectivity index (χ1v) is 8.27. The van der Waals surface area contributed by atoms with Crippen molar-refractivity contribution in [3.05, 3.63) is 0 Å². The highest BCUT2D eigenvalue weighted by molar-refractivity contribution is 4.78. The Labute approximate surface area is 118 Å². The predicted molar refractivity (Wildman–Crippen MR) is 80.3 cm³/mol. The fourth-order valence-corrected chi connectivity index (χ4v) is 3.37. The quantitative estimate of drug-likeness (QED) is 0.803. The van der Waals surface area contributed by atoms with E-state index in [4.69, 9.17) is 0 Å². The molecule has 2 fully saturated rings. The Morgan fingerprint density at radius 1 is 1.00 bits per heavy atom. The minimum atomic E-state index is -0.201. The van der Waals surface area contributed by atoms with E-state index in [1.54, 1.807) is 0 Å². The number of aliphatic hydroxyl groups excluding tert-OH is 1. The first-order valence-electron chi connectivity index (χ1n) is 8.27. The van der Waals surface area contributed by atoms with E-state index in [9.17, 15) is 5.11 Å². The Morgan fingerprint density at radius 2 is 1.58 bits per heavy atom. The van der Waals surface area contributed by atoms with Crippen molar-refractivity contribution in [2.75, 3.05) is 26.2 Å². The molecule has 1 atom stereocenters. The molecular weight excluding hydrogens is 236 g/mol. The molecule has 0 aromatic rings. The van der Waals surface area contributed by atoms with Gasteiger partial charge in [0.05, 0.1) is 6.10 Å². The van der Waals surface area contributed by atoms with Crippen LogP contribution >= 0.6 is 0 Å². The highest BCUT2D eigenvalue weighted by Crippen LogP contribution is 2.23. The van der Waals surface area contributed by atoms with Gasteiger partial charge >= 0.3 is 0 Å². The molecule has 0 amide bonds. The molecule has 1 unspecified atom stereocenters. The SMILES string of the molecule is CC1CCC(NCC(O)CN2CCC(C)CC2)CC1. The predicted octanol–water partition coefficient (Wildman–Crippen LogP) is 2.25. The summed E-state index contributed by atoms with van der Waals surface area (Å²) >= 11 is 0. The fourth-order valence-electron chi connectivity index (χ4n) is 3.37. The fraction of sp³-hybridized carbons (Fsp3) is 1.00. The third-order valence-corrected chi connectivity index (χ3v) is 5.00. The van der Waals surface area contributed by atoms with Crippen molar-refractivity contribution in [3.8, 4) is 0 Å². The Balaban J connectivity index is 1.58. The highest BCUT2D eigenvalue weighted by atomic mass is 16.3. The minimum absolute atomic E-state index is 0.201. The summed E-state index contributed by atoms with van der Waals surface area (Å²) in [5.41, 5.74) is 0. The summed E-state index contributed by atoms with van der Waals surface area (Å²) in [4.78, 5) is 2.43. The summed E-state index contributed by atoms with van der Waals surface area (Å²) in [5, 5.41) is 13.7. The van der Waals surface area contributed by atoms with Gasteiger partial charge in [-0.1, -0.05) is 13.8 Å². The molecule has 0 radical (unpaired) electrons. The molecule has 19 heavy (non-hydrogen) atoms. The van der Waals surface area contributed by atoms with Crippen LogP contribution in [0.4, 0.5) is 0 Å². The number of piperidine rings is 1. The smallest absolute Gasteiger partial charge is 0.0791 e. The Kier molecular flexibility index (Phi) is 6.11. The van der Waals surface area contributed by atoms with Crippen molar-refractivity contribution in [2.24, 2.45) is 11.8 Å². The van der Waals surface area contributed by atoms with Gasteiger partial charge in [-0.25, -0.2) is 0 Å². The normalized spacial score (nSPS) is 32.4. The molecular formula is C16H32N2O. The maximum atomic E-state index is 10.1. The first-order chi connectivity index (χ1) is 9.13. The summed E-state index contributed by atoms with van der Waals surface area (Å²) < 4.78 is 0. The number of nitrogens with one attached hydrogen (secondary N) is 1. The zero-order valence-corrected chi connectivity index (χ0v) is 12.8. The number of nitrogens with zero attached hydrogens (tertiary/aromatic N) is 1. The number of aliphatic hydroxyl groups is 1. The molecule has 1 saturated heterocycles. The van der Waals surface area contributed by atoms with Crippen molar-refractivity contribution in [2.45, 2.75) is 64.5 Å². The third-order valence-electron chi connectivity index (χ3n) is 5.00. The molecule has 2 rings (SSSR count). The van der Waals surface area contributed by atoms with Gasteiger partial charge in [0.1, 0.15) is 0 Å². The lowest BCUT2D eigenvalue weighted by Crippen LogP contribution is -2.44. The molecule has 1 aliphatic carbocycles. The van der Waals surface area contributed by atoms with Gasteiger partial charge in [0.15, 0.2) is 0 Å². The second kappa shape index (κ2) is 7.61. The third kappa shape index (κ3) is 5.41. The number of rotatable bonds is 5. The van der Waals surface area contributed by atoms with E-state index in [1.165, 1.54) is 51.6 Å². The summed E-state index contributed by atoms with van der Waals surface area (Å²) in [6, 6.07) is 0.646. The Morgan fingerprint density at radius 3 is 2.21 bits per heavy atom. The Bertz CT molecular complexity index is 243. The Hall–Kier alpha value is -0.120. The molecule has 2 aliphatic rings. The second-order valence-electron chi connectivity index (χ2n) is 7.00. The van der Waals surface area contributed by atoms with E-state index in [0.717, 1.165) is 24.9 Å². The van der Waals surface area contributed by atoms with E-state index in [0.29, 0.717) is 6.04 Å². The maximum Gasteiger partial charge on any atom is 0.0791 e. The number of likely N-dealkylation sites (tertiary alicyclic amines) is 1. The van der Waals surface area contributed by atoms with Crippen LogP contribution in [0.2, 0.25) is 0 Å². The van der Waals surface area contributed by atoms with Gasteiger partial charge in [-0.3, -0.25) is 0 Å². The summed E-state index contributed by atoms with van der Waals surface area (Å²) in [6.07, 6.45) is 7.65. The monoisotopic (exact) mass is 268 g/mol. The maximum absolute atomic E-state index is 10.1. The van der Waals surface area contributed by atoms with Gasteiger partial charge < -0.3 is 15.3 Å². The van der Waals surface area contributed by atoms with Gasteiger partial charge in [0.2, 0.25) is 0 Å². The molecule has 0 aromatic heterocycles. The average Bonchev–Trinajstić information content (AvgIpc) is 2.41. The van der Waals surface area contributed by atoms with Crippen LogP contribution in [0.15, 0.2) is 0 Å². The van der Waals surface area contributed by atoms with Crippen molar-refractivity contribution in [1.29, 1.82) is 0 Å². The van der Waals surface area contributed by atoms with Gasteiger partial charge in [0.25, 0.3) is 0 Å². The molecule has 0 spiro atoms. The second-order valence-corrected chi connectivity index (χ2v) is 7.00. The molecule has 1 heterocycles. The van der Waals surface area contributed by atoms with Crippen LogP contribution in [0, 0.1) is 11.8 Å². The van der Waals surface area contributed by atoms with Crippen LogP contribution in [-0.4, -0.2) is 48.3 Å². The van der Waals surface area contributed by atoms with Crippen LogP contribution in [-0.2, 0) is 0 Å². The summed E-state index contributed by atoms with van der Waals surface area (Å²) in [6.45, 7) is 8.63. The summed E-state index contributed by atoms with van der Waals surface area (Å²) in [5.74, 6) is 1.77. The number of β-amino-alcohol motifs (C(OH)–C–C–N with tert-alkyl or cyclic N) is 1. The van der Waals surface area contributed by atoms with E-state index in [1.807, 2.05) is 0 Å². The highest BCUT2D eigenvalue weighted by Gasteiger charge is 2.21. The molecule has 1 aliphatic heterocycles. The zero-order valence-electron chi connectivity index (χ0n) is 12.8. The molecule has 112 valence electrons. The van der Waals surface area contributed by atoms with Crippen LogP contribution in [0.25, 0.3) is 0 Å². The molecule has 2 N–H and O–H groups in total. The lowest BCUT2D eigenvalue weighted by atomic mass is 9.87. The van der Waals surface area contributed by atoms with Gasteiger partial charge in [-0.05, 0) is 63.5 Å². The topological polar surface area (TPSA) is 35.5 Å². The zero-order chi connectivity index (χ0) is 13.7. The number of hydrogen-bond acceptors (Lipinski definition) is 3. The van der Waals surface area contributed by atoms with E-state index < -0.39 is 0 Å². The summed E-state index contributed by atoms with van der Waals surface area (Å²) in [7, 11) is 0. The van der Waals surface area contributed by atoms with E-state index in [-0.39, 0.29) is 6.10 Å². The van der Waals surface area contributed by atoms with Crippen LogP contribution < -0.4 is 5.32 Å². The lowest BCUT2D eigenvalue weighted by molar-refractivity contribution is 0.0871. The standard InChI is InChI=1S/C16H32N2O/c1-13-3-5-15(6-4-13)17-11-16(19)12-18-9-7-14(2)8-10-18/h13-17,19H,3-12H2,1-2H3. The van der Waals surface area contributed by atoms with Crippen molar-refractivity contribution in [3.63, 3.8) is 0 Å². The molecule has 0 bridgehead atoms. The van der Waals surface area contributed by atoms with Crippen LogP contribution in [0.1, 0.15) is 52.4 Å². The molecule has 0 aromatic carbocycles. The molecule has 3 nitrogen and oxygen atoms in total. The van der Waals surface area contributed by atoms with Gasteiger partial charge in [-0.15, -0.1) is 0 Å². The minimum Gasteiger partial charge on any atom is -0.390 e. The first kappa shape index (κ1) is 15.3. The molecule has 3 heteroatoms. The van der Waals surface area contributed by atoms with Crippen LogP contribution in [0.3, 0.4) is 0 Å². The average molecular weight is 268 g/mol. The van der Waals surface area contributed by atoms with E-state index >= 15 is 0 Å². The lowest BCUT2D eigenvalue weighted by Gasteiger charge is -2.32. The largest absolute Gasteiger partial charge is 0.390 e. The van der Waals surface area contributed by atoms with Crippen molar-refractivity contribution in [1.82, 2.24) is 10.2 Å². The van der Waals surface area contributed by atoms with E-state index in [2.05, 4.69) is 24.1 Å². The van der Waals surface area contributed by atoms with Gasteiger partial charge in [-0.2, -0.15) is 0 Å². The van der Waals surface area contributed by atoms with Crippen LogP contribution in [0.5, 0.6) is 0 Å².